The second kappa shape index (κ2) is 37.7. The fourth-order valence-corrected chi connectivity index (χ4v) is 6.67. The summed E-state index contributed by atoms with van der Waals surface area (Å²) in [5, 5.41) is 0. The predicted molar refractivity (Wildman–Crippen MR) is 219 cm³/mol. The van der Waals surface area contributed by atoms with E-state index in [4.69, 9.17) is 14.2 Å². The second-order valence-corrected chi connectivity index (χ2v) is 16.9. The van der Waals surface area contributed by atoms with E-state index in [1.807, 2.05) is 0 Å². The van der Waals surface area contributed by atoms with Gasteiger partial charge in [0.15, 0.2) is 6.10 Å². The molecule has 6 heteroatoms. The van der Waals surface area contributed by atoms with Gasteiger partial charge < -0.3 is 14.2 Å². The average molecular weight is 737 g/mol. The minimum atomic E-state index is -0.762. The van der Waals surface area contributed by atoms with Gasteiger partial charge in [0.05, 0.1) is 0 Å². The number of unbranched alkanes of at least 4 members (excludes halogenated alkanes) is 21. The van der Waals surface area contributed by atoms with Crippen molar-refractivity contribution in [3.63, 3.8) is 0 Å². The van der Waals surface area contributed by atoms with Crippen molar-refractivity contribution < 1.29 is 28.6 Å². The number of hydrogen-bond acceptors (Lipinski definition) is 6. The Morgan fingerprint density at radius 1 is 0.385 bits per heavy atom. The fraction of sp³-hybridized carbons (Fsp3) is 0.935. The third kappa shape index (κ3) is 38.1. The Morgan fingerprint density at radius 2 is 0.673 bits per heavy atom. The zero-order chi connectivity index (χ0) is 38.5. The Hall–Kier alpha value is -1.59. The molecule has 0 aliphatic carbocycles. The zero-order valence-electron chi connectivity index (χ0n) is 35.6. The van der Waals surface area contributed by atoms with Gasteiger partial charge in [-0.3, -0.25) is 14.4 Å². The lowest BCUT2D eigenvalue weighted by Crippen LogP contribution is -2.30. The number of rotatable bonds is 39. The molecule has 0 fully saturated rings. The fourth-order valence-electron chi connectivity index (χ4n) is 6.67. The topological polar surface area (TPSA) is 78.9 Å². The second-order valence-electron chi connectivity index (χ2n) is 16.9. The van der Waals surface area contributed by atoms with E-state index in [1.54, 1.807) is 0 Å². The summed E-state index contributed by atoms with van der Waals surface area (Å²) in [4.78, 5) is 37.7. The van der Waals surface area contributed by atoms with Crippen LogP contribution >= 0.6 is 0 Å². The third-order valence-corrected chi connectivity index (χ3v) is 10.5. The minimum Gasteiger partial charge on any atom is -0.462 e. The Labute approximate surface area is 323 Å². The molecule has 0 aromatic heterocycles. The van der Waals surface area contributed by atoms with Crippen LogP contribution in [-0.2, 0) is 28.6 Å². The van der Waals surface area contributed by atoms with Gasteiger partial charge in [0, 0.05) is 19.3 Å². The molecular formula is C46H88O6. The lowest BCUT2D eigenvalue weighted by molar-refractivity contribution is -0.167. The summed E-state index contributed by atoms with van der Waals surface area (Å²) in [5.74, 6) is 1.55. The number of carbonyl (C=O) groups is 3. The van der Waals surface area contributed by atoms with Crippen LogP contribution in [-0.4, -0.2) is 37.2 Å². The Balaban J connectivity index is 4.35. The lowest BCUT2D eigenvalue weighted by Gasteiger charge is -2.18. The number of carbonyl (C=O) groups excluding carboxylic acids is 3. The lowest BCUT2D eigenvalue weighted by atomic mass is 10.00. The van der Waals surface area contributed by atoms with Gasteiger partial charge in [0.1, 0.15) is 13.2 Å². The van der Waals surface area contributed by atoms with Crippen LogP contribution in [0, 0.1) is 17.8 Å². The maximum atomic E-state index is 12.7. The Morgan fingerprint density at radius 3 is 1.00 bits per heavy atom. The van der Waals surface area contributed by atoms with Crippen molar-refractivity contribution in [1.29, 1.82) is 0 Å². The van der Waals surface area contributed by atoms with Crippen molar-refractivity contribution in [3.8, 4) is 0 Å². The van der Waals surface area contributed by atoms with Crippen molar-refractivity contribution >= 4 is 17.9 Å². The SMILES string of the molecule is CCC(C)CCCCCCCCC(=O)OC[C@@H](COC(=O)CCCCCCCCCC(C)C)OC(=O)CCCCCCCCCCCCCC(C)C. The highest BCUT2D eigenvalue weighted by atomic mass is 16.6. The van der Waals surface area contributed by atoms with Crippen LogP contribution in [0.2, 0.25) is 0 Å². The molecule has 308 valence electrons. The molecule has 0 amide bonds. The molecule has 1 unspecified atom stereocenters. The molecule has 52 heavy (non-hydrogen) atoms. The molecule has 0 N–H and O–H groups in total. The smallest absolute Gasteiger partial charge is 0.306 e. The Kier molecular flexibility index (Phi) is 36.6. The first-order chi connectivity index (χ1) is 25.1. The first-order valence-electron chi connectivity index (χ1n) is 22.6. The third-order valence-electron chi connectivity index (χ3n) is 10.5. The predicted octanol–water partition coefficient (Wildman–Crippen LogP) is 14.0. The molecule has 0 aliphatic rings. The molecule has 0 radical (unpaired) electrons. The number of esters is 3. The van der Waals surface area contributed by atoms with E-state index in [2.05, 4.69) is 41.5 Å². The van der Waals surface area contributed by atoms with Crippen LogP contribution in [0.3, 0.4) is 0 Å². The van der Waals surface area contributed by atoms with E-state index >= 15 is 0 Å². The van der Waals surface area contributed by atoms with Crippen molar-refractivity contribution in [2.75, 3.05) is 13.2 Å². The van der Waals surface area contributed by atoms with Gasteiger partial charge >= 0.3 is 17.9 Å². The zero-order valence-corrected chi connectivity index (χ0v) is 35.6. The number of hydrogen-bond donors (Lipinski definition) is 0. The maximum absolute atomic E-state index is 12.7. The highest BCUT2D eigenvalue weighted by molar-refractivity contribution is 5.71. The van der Waals surface area contributed by atoms with E-state index in [0.29, 0.717) is 19.3 Å². The number of ether oxygens (including phenoxy) is 3. The van der Waals surface area contributed by atoms with Crippen LogP contribution in [0.1, 0.15) is 241 Å². The maximum Gasteiger partial charge on any atom is 0.306 e. The van der Waals surface area contributed by atoms with Crippen LogP contribution in [0.5, 0.6) is 0 Å². The van der Waals surface area contributed by atoms with Gasteiger partial charge in [-0.05, 0) is 37.0 Å². The molecule has 0 aromatic carbocycles. The molecule has 0 saturated carbocycles. The van der Waals surface area contributed by atoms with Gasteiger partial charge in [-0.15, -0.1) is 0 Å². The molecule has 2 atom stereocenters. The normalized spacial score (nSPS) is 12.7. The van der Waals surface area contributed by atoms with Crippen molar-refractivity contribution in [2.45, 2.75) is 247 Å². The average Bonchev–Trinajstić information content (AvgIpc) is 3.11. The summed E-state index contributed by atoms with van der Waals surface area (Å²) in [6.45, 7) is 13.6. The van der Waals surface area contributed by atoms with Crippen LogP contribution in [0.4, 0.5) is 0 Å². The van der Waals surface area contributed by atoms with Crippen molar-refractivity contribution in [3.05, 3.63) is 0 Å². The van der Waals surface area contributed by atoms with E-state index in [1.165, 1.54) is 122 Å². The summed E-state index contributed by atoms with van der Waals surface area (Å²) < 4.78 is 16.7. The van der Waals surface area contributed by atoms with Gasteiger partial charge in [-0.1, -0.05) is 202 Å². The molecule has 0 aromatic rings. The monoisotopic (exact) mass is 737 g/mol. The highest BCUT2D eigenvalue weighted by Crippen LogP contribution is 2.17. The van der Waals surface area contributed by atoms with Crippen LogP contribution in [0.25, 0.3) is 0 Å². The summed E-state index contributed by atoms with van der Waals surface area (Å²) in [7, 11) is 0. The quantitative estimate of drug-likeness (QED) is 0.0355. The minimum absolute atomic E-state index is 0.0674. The first kappa shape index (κ1) is 50.4. The van der Waals surface area contributed by atoms with Crippen LogP contribution < -0.4 is 0 Å². The first-order valence-corrected chi connectivity index (χ1v) is 22.6. The summed E-state index contributed by atoms with van der Waals surface area (Å²) in [6, 6.07) is 0. The van der Waals surface area contributed by atoms with Crippen molar-refractivity contribution in [2.24, 2.45) is 17.8 Å². The molecule has 6 nitrogen and oxygen atoms in total. The van der Waals surface area contributed by atoms with Crippen molar-refractivity contribution in [1.82, 2.24) is 0 Å². The van der Waals surface area contributed by atoms with E-state index < -0.39 is 6.10 Å². The van der Waals surface area contributed by atoms with E-state index in [9.17, 15) is 14.4 Å². The highest BCUT2D eigenvalue weighted by Gasteiger charge is 2.19. The standard InChI is InChI=1S/C46H88O6/c1-7-42(6)34-28-22-18-19-24-30-36-45(48)51-39-43(38-50-44(47)35-29-23-17-13-15-21-27-33-41(4)5)52-46(49)37-31-25-16-12-10-8-9-11-14-20-26-32-40(2)3/h40-43H,7-39H2,1-6H3/t42?,43-/m1/s1. The molecule has 0 saturated heterocycles. The van der Waals surface area contributed by atoms with Crippen LogP contribution in [0.15, 0.2) is 0 Å². The van der Waals surface area contributed by atoms with E-state index in [0.717, 1.165) is 75.5 Å². The molecule has 0 spiro atoms. The van der Waals surface area contributed by atoms with Gasteiger partial charge in [-0.25, -0.2) is 0 Å². The Bertz CT molecular complexity index is 809. The summed E-state index contributed by atoms with van der Waals surface area (Å²) >= 11 is 0. The molecule has 0 rings (SSSR count). The van der Waals surface area contributed by atoms with E-state index in [-0.39, 0.29) is 31.1 Å². The molecule has 0 aliphatic heterocycles. The summed E-state index contributed by atoms with van der Waals surface area (Å²) in [6.07, 6.45) is 33.8. The molecular weight excluding hydrogens is 648 g/mol. The summed E-state index contributed by atoms with van der Waals surface area (Å²) in [5.41, 5.74) is 0. The molecule has 0 heterocycles. The molecule has 0 bridgehead atoms. The van der Waals surface area contributed by atoms with Gasteiger partial charge in [0.25, 0.3) is 0 Å². The largest absolute Gasteiger partial charge is 0.462 e. The van der Waals surface area contributed by atoms with Gasteiger partial charge in [0.2, 0.25) is 0 Å². The van der Waals surface area contributed by atoms with Gasteiger partial charge in [-0.2, -0.15) is 0 Å².